The number of nitrogens with zero attached hydrogens (tertiary/aromatic N) is 1. The molecule has 1 N–H and O–H groups in total. The Bertz CT molecular complexity index is 278. The van der Waals surface area contributed by atoms with Crippen LogP contribution in [0.15, 0.2) is 24.5 Å². The van der Waals surface area contributed by atoms with E-state index in [4.69, 9.17) is 0 Å². The van der Waals surface area contributed by atoms with E-state index in [0.717, 1.165) is 11.6 Å². The molecule has 1 fully saturated rings. The summed E-state index contributed by atoms with van der Waals surface area (Å²) in [6.45, 7) is 2.27. The smallest absolute Gasteiger partial charge is 0.0528 e. The Morgan fingerprint density at radius 3 is 2.93 bits per heavy atom. The molecule has 0 bridgehead atoms. The third kappa shape index (κ3) is 3.22. The van der Waals surface area contributed by atoms with Crippen molar-refractivity contribution in [2.45, 2.75) is 45.1 Å². The van der Waals surface area contributed by atoms with Crippen molar-refractivity contribution in [3.8, 4) is 0 Å². The fourth-order valence-corrected chi connectivity index (χ4v) is 2.54. The van der Waals surface area contributed by atoms with Crippen LogP contribution in [0.5, 0.6) is 0 Å². The highest BCUT2D eigenvalue weighted by atomic mass is 14.9. The van der Waals surface area contributed by atoms with Crippen LogP contribution in [0, 0.1) is 5.92 Å². The standard InChI is InChI=1S/C13H20N2/c1-11(9-12-5-2-3-6-12)15-13-7-4-8-14-10-13/h4,7-8,10-12,15H,2-3,5-6,9H2,1H3. The summed E-state index contributed by atoms with van der Waals surface area (Å²) in [6, 6.07) is 4.63. The van der Waals surface area contributed by atoms with Gasteiger partial charge in [0.2, 0.25) is 0 Å². The first-order valence-electron chi connectivity index (χ1n) is 6.01. The van der Waals surface area contributed by atoms with Gasteiger partial charge in [0.15, 0.2) is 0 Å². The fraction of sp³-hybridized carbons (Fsp3) is 0.615. The molecule has 1 saturated carbocycles. The molecule has 2 rings (SSSR count). The third-order valence-electron chi connectivity index (χ3n) is 3.24. The highest BCUT2D eigenvalue weighted by Gasteiger charge is 2.17. The zero-order valence-corrected chi connectivity index (χ0v) is 9.45. The second-order valence-electron chi connectivity index (χ2n) is 4.67. The van der Waals surface area contributed by atoms with Crippen molar-refractivity contribution in [2.75, 3.05) is 5.32 Å². The lowest BCUT2D eigenvalue weighted by atomic mass is 9.99. The maximum absolute atomic E-state index is 4.11. The van der Waals surface area contributed by atoms with Crippen LogP contribution in [0.3, 0.4) is 0 Å². The minimum atomic E-state index is 0.567. The summed E-state index contributed by atoms with van der Waals surface area (Å²) in [6.07, 6.45) is 10.7. The fourth-order valence-electron chi connectivity index (χ4n) is 2.54. The van der Waals surface area contributed by atoms with E-state index in [1.165, 1.54) is 32.1 Å². The van der Waals surface area contributed by atoms with E-state index in [-0.39, 0.29) is 0 Å². The highest BCUT2D eigenvalue weighted by Crippen LogP contribution is 2.29. The van der Waals surface area contributed by atoms with Gasteiger partial charge in [-0.05, 0) is 31.4 Å². The van der Waals surface area contributed by atoms with Crippen LogP contribution in [-0.2, 0) is 0 Å². The predicted molar refractivity (Wildman–Crippen MR) is 63.9 cm³/mol. The minimum absolute atomic E-state index is 0.567. The van der Waals surface area contributed by atoms with E-state index in [1.54, 1.807) is 0 Å². The van der Waals surface area contributed by atoms with Gasteiger partial charge in [-0.3, -0.25) is 4.98 Å². The molecular weight excluding hydrogens is 184 g/mol. The number of pyridine rings is 1. The van der Waals surface area contributed by atoms with Gasteiger partial charge in [-0.2, -0.15) is 0 Å². The van der Waals surface area contributed by atoms with E-state index < -0.39 is 0 Å². The molecule has 0 spiro atoms. The van der Waals surface area contributed by atoms with Gasteiger partial charge in [-0.1, -0.05) is 25.7 Å². The Labute approximate surface area is 92.1 Å². The van der Waals surface area contributed by atoms with Crippen LogP contribution in [0.2, 0.25) is 0 Å². The van der Waals surface area contributed by atoms with E-state index >= 15 is 0 Å². The first kappa shape index (κ1) is 10.5. The molecule has 1 aromatic rings. The molecule has 1 unspecified atom stereocenters. The van der Waals surface area contributed by atoms with E-state index in [9.17, 15) is 0 Å². The summed E-state index contributed by atoms with van der Waals surface area (Å²) in [5, 5.41) is 3.51. The van der Waals surface area contributed by atoms with Gasteiger partial charge in [0.05, 0.1) is 5.69 Å². The van der Waals surface area contributed by atoms with Gasteiger partial charge in [0, 0.05) is 18.4 Å². The Kier molecular flexibility index (Phi) is 3.59. The molecule has 82 valence electrons. The average molecular weight is 204 g/mol. The molecule has 1 atom stereocenters. The average Bonchev–Trinajstić information content (AvgIpc) is 2.71. The summed E-state index contributed by atoms with van der Waals surface area (Å²) >= 11 is 0. The molecule has 0 radical (unpaired) electrons. The number of aromatic nitrogens is 1. The van der Waals surface area contributed by atoms with Crippen molar-refractivity contribution in [3.63, 3.8) is 0 Å². The maximum Gasteiger partial charge on any atom is 0.0528 e. The molecule has 2 nitrogen and oxygen atoms in total. The van der Waals surface area contributed by atoms with Gasteiger partial charge in [0.1, 0.15) is 0 Å². The zero-order chi connectivity index (χ0) is 10.5. The van der Waals surface area contributed by atoms with Crippen molar-refractivity contribution in [1.82, 2.24) is 4.98 Å². The molecule has 15 heavy (non-hydrogen) atoms. The van der Waals surface area contributed by atoms with Gasteiger partial charge < -0.3 is 5.32 Å². The maximum atomic E-state index is 4.11. The monoisotopic (exact) mass is 204 g/mol. The van der Waals surface area contributed by atoms with Crippen molar-refractivity contribution in [1.29, 1.82) is 0 Å². The molecule has 0 saturated heterocycles. The Morgan fingerprint density at radius 2 is 2.27 bits per heavy atom. The largest absolute Gasteiger partial charge is 0.381 e. The number of anilines is 1. The molecular formula is C13H20N2. The highest BCUT2D eigenvalue weighted by molar-refractivity contribution is 5.40. The Hall–Kier alpha value is -1.05. The van der Waals surface area contributed by atoms with Crippen molar-refractivity contribution in [3.05, 3.63) is 24.5 Å². The summed E-state index contributed by atoms with van der Waals surface area (Å²) in [7, 11) is 0. The zero-order valence-electron chi connectivity index (χ0n) is 9.45. The summed E-state index contributed by atoms with van der Waals surface area (Å²) in [4.78, 5) is 4.11. The molecule has 0 aromatic carbocycles. The molecule has 1 heterocycles. The first-order valence-corrected chi connectivity index (χ1v) is 6.01. The number of hydrogen-bond acceptors (Lipinski definition) is 2. The van der Waals surface area contributed by atoms with Crippen LogP contribution < -0.4 is 5.32 Å². The Morgan fingerprint density at radius 1 is 1.47 bits per heavy atom. The second-order valence-corrected chi connectivity index (χ2v) is 4.67. The molecule has 2 heteroatoms. The SMILES string of the molecule is CC(CC1CCCC1)Nc1cccnc1. The first-order chi connectivity index (χ1) is 7.34. The van der Waals surface area contributed by atoms with Crippen molar-refractivity contribution in [2.24, 2.45) is 5.92 Å². The minimum Gasteiger partial charge on any atom is -0.381 e. The number of hydrogen-bond donors (Lipinski definition) is 1. The lowest BCUT2D eigenvalue weighted by Crippen LogP contribution is -2.18. The molecule has 0 amide bonds. The van der Waals surface area contributed by atoms with Crippen LogP contribution >= 0.6 is 0 Å². The van der Waals surface area contributed by atoms with Gasteiger partial charge in [-0.25, -0.2) is 0 Å². The van der Waals surface area contributed by atoms with Crippen LogP contribution in [0.25, 0.3) is 0 Å². The van der Waals surface area contributed by atoms with Crippen LogP contribution in [0.1, 0.15) is 39.0 Å². The number of rotatable bonds is 4. The van der Waals surface area contributed by atoms with E-state index in [0.29, 0.717) is 6.04 Å². The lowest BCUT2D eigenvalue weighted by molar-refractivity contribution is 0.472. The lowest BCUT2D eigenvalue weighted by Gasteiger charge is -2.18. The second kappa shape index (κ2) is 5.15. The molecule has 0 aliphatic heterocycles. The van der Waals surface area contributed by atoms with Gasteiger partial charge >= 0.3 is 0 Å². The Balaban J connectivity index is 1.79. The van der Waals surface area contributed by atoms with Gasteiger partial charge in [0.25, 0.3) is 0 Å². The van der Waals surface area contributed by atoms with Crippen molar-refractivity contribution >= 4 is 5.69 Å². The summed E-state index contributed by atoms with van der Waals surface area (Å²) in [5.41, 5.74) is 1.14. The molecule has 1 aromatic heterocycles. The van der Waals surface area contributed by atoms with Crippen molar-refractivity contribution < 1.29 is 0 Å². The predicted octanol–water partition coefficient (Wildman–Crippen LogP) is 3.46. The van der Waals surface area contributed by atoms with E-state index in [2.05, 4.69) is 23.3 Å². The summed E-state index contributed by atoms with van der Waals surface area (Å²) < 4.78 is 0. The van der Waals surface area contributed by atoms with E-state index in [1.807, 2.05) is 18.5 Å². The van der Waals surface area contributed by atoms with Crippen LogP contribution in [0.4, 0.5) is 5.69 Å². The van der Waals surface area contributed by atoms with Gasteiger partial charge in [-0.15, -0.1) is 0 Å². The van der Waals surface area contributed by atoms with Crippen LogP contribution in [-0.4, -0.2) is 11.0 Å². The summed E-state index contributed by atoms with van der Waals surface area (Å²) in [5.74, 6) is 0.948. The topological polar surface area (TPSA) is 24.9 Å². The normalized spacial score (nSPS) is 19.0. The molecule has 1 aliphatic rings. The third-order valence-corrected chi connectivity index (χ3v) is 3.24. The quantitative estimate of drug-likeness (QED) is 0.812. The molecule has 1 aliphatic carbocycles. The number of nitrogens with one attached hydrogen (secondary N) is 1.